The van der Waals surface area contributed by atoms with Crippen LogP contribution in [0.4, 0.5) is 0 Å². The highest BCUT2D eigenvalue weighted by Gasteiger charge is 2.21. The third kappa shape index (κ3) is 5.11. The number of hydrogen-bond acceptors (Lipinski definition) is 3. The summed E-state index contributed by atoms with van der Waals surface area (Å²) in [6, 6.07) is 29.6. The van der Waals surface area contributed by atoms with E-state index >= 15 is 0 Å². The molecule has 154 valence electrons. The predicted molar refractivity (Wildman–Crippen MR) is 122 cm³/mol. The van der Waals surface area contributed by atoms with E-state index in [-0.39, 0.29) is 0 Å². The van der Waals surface area contributed by atoms with E-state index in [1.165, 1.54) is 22.3 Å². The van der Waals surface area contributed by atoms with Gasteiger partial charge < -0.3 is 9.47 Å². The van der Waals surface area contributed by atoms with Gasteiger partial charge in [-0.1, -0.05) is 78.9 Å². The van der Waals surface area contributed by atoms with E-state index in [9.17, 15) is 0 Å². The van der Waals surface area contributed by atoms with Crippen molar-refractivity contribution >= 4 is 5.57 Å². The van der Waals surface area contributed by atoms with Crippen LogP contribution in [-0.4, -0.2) is 31.2 Å². The number of hydrogen-bond donors (Lipinski definition) is 0. The summed E-state index contributed by atoms with van der Waals surface area (Å²) in [5.41, 5.74) is 4.97. The first-order valence-corrected chi connectivity index (χ1v) is 10.7. The van der Waals surface area contributed by atoms with Crippen molar-refractivity contribution < 1.29 is 9.47 Å². The number of allylic oxidation sites excluding steroid dienone is 1. The highest BCUT2D eigenvalue weighted by atomic mass is 16.5. The van der Waals surface area contributed by atoms with Crippen molar-refractivity contribution in [1.29, 1.82) is 0 Å². The highest BCUT2D eigenvalue weighted by Crippen LogP contribution is 2.30. The second kappa shape index (κ2) is 10.1. The minimum atomic E-state index is 0.662. The van der Waals surface area contributed by atoms with Crippen LogP contribution in [0.2, 0.25) is 0 Å². The maximum Gasteiger partial charge on any atom is 0.122 e. The molecule has 0 spiro atoms. The number of benzene rings is 3. The average molecular weight is 400 g/mol. The summed E-state index contributed by atoms with van der Waals surface area (Å²) in [4.78, 5) is 2.46. The molecular formula is C27H29NO2. The number of nitrogens with zero attached hydrogens (tertiary/aromatic N) is 1. The Hall–Kier alpha value is -3.04. The predicted octanol–water partition coefficient (Wildman–Crippen LogP) is 5.57. The molecule has 0 atom stereocenters. The van der Waals surface area contributed by atoms with Gasteiger partial charge >= 0.3 is 0 Å². The molecule has 3 nitrogen and oxygen atoms in total. The Labute approximate surface area is 179 Å². The third-order valence-electron chi connectivity index (χ3n) is 5.40. The van der Waals surface area contributed by atoms with Crippen LogP contribution in [0.3, 0.4) is 0 Å². The van der Waals surface area contributed by atoms with Gasteiger partial charge in [-0.05, 0) is 29.7 Å². The van der Waals surface area contributed by atoms with Gasteiger partial charge in [0.1, 0.15) is 18.1 Å². The summed E-state index contributed by atoms with van der Waals surface area (Å²) in [5.74, 6) is 2.01. The van der Waals surface area contributed by atoms with Gasteiger partial charge in [0.15, 0.2) is 0 Å². The molecule has 30 heavy (non-hydrogen) atoms. The quantitative estimate of drug-likeness (QED) is 0.518. The van der Waals surface area contributed by atoms with E-state index in [0.717, 1.165) is 37.6 Å². The van der Waals surface area contributed by atoms with Crippen LogP contribution in [-0.2, 0) is 17.7 Å². The number of morpholine rings is 1. The van der Waals surface area contributed by atoms with Crippen molar-refractivity contribution in [3.8, 4) is 5.75 Å². The molecule has 0 bridgehead atoms. The lowest BCUT2D eigenvalue weighted by molar-refractivity contribution is 0.0906. The first kappa shape index (κ1) is 20.2. The van der Waals surface area contributed by atoms with E-state index in [1.807, 2.05) is 13.0 Å². The largest absolute Gasteiger partial charge is 0.495 e. The van der Waals surface area contributed by atoms with Crippen molar-refractivity contribution in [3.63, 3.8) is 0 Å². The standard InChI is InChI=1S/C27H29NO2/c1-2-29-26-16-10-9-15-24(26)19-25(23-13-7-4-8-14-23)27-21-28(17-18-30-27)20-22-11-5-3-6-12-22/h3-16H,2,17-21H2,1H3/b27-25-. The molecule has 3 heteroatoms. The Balaban J connectivity index is 1.64. The van der Waals surface area contributed by atoms with Gasteiger partial charge in [-0.15, -0.1) is 0 Å². The van der Waals surface area contributed by atoms with Crippen molar-refractivity contribution in [2.24, 2.45) is 0 Å². The van der Waals surface area contributed by atoms with Crippen molar-refractivity contribution in [2.45, 2.75) is 19.9 Å². The van der Waals surface area contributed by atoms with Crippen molar-refractivity contribution in [2.75, 3.05) is 26.3 Å². The van der Waals surface area contributed by atoms with Gasteiger partial charge in [-0.2, -0.15) is 0 Å². The zero-order valence-corrected chi connectivity index (χ0v) is 17.6. The molecule has 1 heterocycles. The minimum Gasteiger partial charge on any atom is -0.495 e. The van der Waals surface area contributed by atoms with Crippen LogP contribution >= 0.6 is 0 Å². The van der Waals surface area contributed by atoms with Crippen LogP contribution in [0, 0.1) is 0 Å². The fraction of sp³-hybridized carbons (Fsp3) is 0.259. The molecule has 0 saturated carbocycles. The SMILES string of the molecule is CCOc1ccccc1C/C(=C1\CN(Cc2ccccc2)CCO1)c1ccccc1. The first-order chi connectivity index (χ1) is 14.8. The number of para-hydroxylation sites is 1. The lowest BCUT2D eigenvalue weighted by Crippen LogP contribution is -2.35. The van der Waals surface area contributed by atoms with Crippen molar-refractivity contribution in [3.05, 3.63) is 107 Å². The lowest BCUT2D eigenvalue weighted by atomic mass is 9.95. The Morgan fingerprint density at radius 1 is 0.900 bits per heavy atom. The molecule has 3 aromatic rings. The van der Waals surface area contributed by atoms with Gasteiger partial charge in [0.05, 0.1) is 13.2 Å². The Kier molecular flexibility index (Phi) is 6.83. The number of rotatable bonds is 7. The van der Waals surface area contributed by atoms with Crippen LogP contribution in [0.15, 0.2) is 90.7 Å². The van der Waals surface area contributed by atoms with Gasteiger partial charge in [-0.3, -0.25) is 4.90 Å². The first-order valence-electron chi connectivity index (χ1n) is 10.7. The second-order valence-corrected chi connectivity index (χ2v) is 7.53. The van der Waals surface area contributed by atoms with Gasteiger partial charge in [0.25, 0.3) is 0 Å². The molecule has 1 fully saturated rings. The summed E-state index contributed by atoms with van der Waals surface area (Å²) < 4.78 is 12.1. The van der Waals surface area contributed by atoms with E-state index in [4.69, 9.17) is 9.47 Å². The van der Waals surface area contributed by atoms with Gasteiger partial charge in [0, 0.05) is 25.1 Å². The normalized spacial score (nSPS) is 16.0. The number of ether oxygens (including phenoxy) is 2. The fourth-order valence-electron chi connectivity index (χ4n) is 3.92. The molecule has 0 radical (unpaired) electrons. The molecule has 0 aliphatic carbocycles. The zero-order chi connectivity index (χ0) is 20.6. The topological polar surface area (TPSA) is 21.7 Å². The van der Waals surface area contributed by atoms with E-state index in [0.29, 0.717) is 13.2 Å². The Bertz CT molecular complexity index is 966. The molecule has 0 aromatic heterocycles. The monoisotopic (exact) mass is 399 g/mol. The lowest BCUT2D eigenvalue weighted by Gasteiger charge is -2.31. The average Bonchev–Trinajstić information content (AvgIpc) is 2.80. The Morgan fingerprint density at radius 3 is 2.37 bits per heavy atom. The Morgan fingerprint density at radius 2 is 1.60 bits per heavy atom. The van der Waals surface area contributed by atoms with E-state index in [2.05, 4.69) is 83.8 Å². The minimum absolute atomic E-state index is 0.662. The summed E-state index contributed by atoms with van der Waals surface area (Å²) >= 11 is 0. The van der Waals surface area contributed by atoms with E-state index < -0.39 is 0 Å². The molecule has 1 aliphatic heterocycles. The van der Waals surface area contributed by atoms with Crippen LogP contribution in [0.5, 0.6) is 5.75 Å². The van der Waals surface area contributed by atoms with Crippen LogP contribution in [0.25, 0.3) is 5.57 Å². The molecule has 0 N–H and O–H groups in total. The van der Waals surface area contributed by atoms with Gasteiger partial charge in [0.2, 0.25) is 0 Å². The van der Waals surface area contributed by atoms with Crippen LogP contribution in [0.1, 0.15) is 23.6 Å². The highest BCUT2D eigenvalue weighted by molar-refractivity contribution is 5.70. The molecule has 1 aliphatic rings. The maximum absolute atomic E-state index is 6.23. The summed E-state index contributed by atoms with van der Waals surface area (Å²) in [5, 5.41) is 0. The second-order valence-electron chi connectivity index (χ2n) is 7.53. The molecule has 0 amide bonds. The van der Waals surface area contributed by atoms with Crippen molar-refractivity contribution in [1.82, 2.24) is 4.90 Å². The molecular weight excluding hydrogens is 370 g/mol. The summed E-state index contributed by atoms with van der Waals surface area (Å²) in [7, 11) is 0. The van der Waals surface area contributed by atoms with Crippen LogP contribution < -0.4 is 4.74 Å². The third-order valence-corrected chi connectivity index (χ3v) is 5.40. The molecule has 4 rings (SSSR count). The molecule has 0 unspecified atom stereocenters. The zero-order valence-electron chi connectivity index (χ0n) is 17.6. The maximum atomic E-state index is 6.23. The fourth-order valence-corrected chi connectivity index (χ4v) is 3.92. The van der Waals surface area contributed by atoms with Gasteiger partial charge in [-0.25, -0.2) is 0 Å². The smallest absolute Gasteiger partial charge is 0.122 e. The summed E-state index contributed by atoms with van der Waals surface area (Å²) in [6.07, 6.45) is 0.786. The molecule has 3 aromatic carbocycles. The summed E-state index contributed by atoms with van der Waals surface area (Å²) in [6.45, 7) is 6.09. The van der Waals surface area contributed by atoms with E-state index in [1.54, 1.807) is 0 Å². The molecule has 1 saturated heterocycles.